The molecule has 0 spiro atoms. The Morgan fingerprint density at radius 2 is 2.04 bits per heavy atom. The van der Waals surface area contributed by atoms with Gasteiger partial charge in [-0.2, -0.15) is 0 Å². The SMILES string of the molecule is C=CCOc1ccc2c(c1C)OCC1c3cccc(C)c3OC21. The summed E-state index contributed by atoms with van der Waals surface area (Å²) in [5, 5.41) is 0. The maximum Gasteiger partial charge on any atom is 0.138 e. The highest BCUT2D eigenvalue weighted by Crippen LogP contribution is 2.53. The summed E-state index contributed by atoms with van der Waals surface area (Å²) in [6.45, 7) is 8.95. The van der Waals surface area contributed by atoms with Crippen LogP contribution in [-0.2, 0) is 0 Å². The molecule has 2 aromatic carbocycles. The summed E-state index contributed by atoms with van der Waals surface area (Å²) < 4.78 is 18.1. The zero-order valence-electron chi connectivity index (χ0n) is 13.5. The predicted octanol–water partition coefficient (Wildman–Crippen LogP) is 4.48. The van der Waals surface area contributed by atoms with Crippen LogP contribution in [0, 0.1) is 13.8 Å². The van der Waals surface area contributed by atoms with Crippen molar-refractivity contribution < 1.29 is 14.2 Å². The fourth-order valence-corrected chi connectivity index (χ4v) is 3.55. The number of hydrogen-bond donors (Lipinski definition) is 0. The van der Waals surface area contributed by atoms with Crippen LogP contribution in [0.1, 0.15) is 34.3 Å². The molecule has 0 N–H and O–H groups in total. The van der Waals surface area contributed by atoms with Crippen molar-refractivity contribution in [3.05, 3.63) is 65.2 Å². The highest BCUT2D eigenvalue weighted by molar-refractivity contribution is 5.56. The van der Waals surface area contributed by atoms with Gasteiger partial charge in [0.1, 0.15) is 30.0 Å². The summed E-state index contributed by atoms with van der Waals surface area (Å²) in [4.78, 5) is 0. The molecule has 2 aromatic rings. The van der Waals surface area contributed by atoms with Gasteiger partial charge in [-0.15, -0.1) is 0 Å². The molecule has 3 heteroatoms. The van der Waals surface area contributed by atoms with Crippen molar-refractivity contribution in [1.82, 2.24) is 0 Å². The van der Waals surface area contributed by atoms with Crippen molar-refractivity contribution >= 4 is 0 Å². The highest BCUT2D eigenvalue weighted by Gasteiger charge is 2.41. The number of aryl methyl sites for hydroxylation is 1. The van der Waals surface area contributed by atoms with Crippen LogP contribution < -0.4 is 14.2 Å². The first-order valence-electron chi connectivity index (χ1n) is 7.97. The molecular formula is C20H20O3. The average Bonchev–Trinajstić information content (AvgIpc) is 2.95. The van der Waals surface area contributed by atoms with E-state index < -0.39 is 0 Å². The molecule has 0 aliphatic carbocycles. The molecule has 0 saturated carbocycles. The van der Waals surface area contributed by atoms with Crippen molar-refractivity contribution in [3.8, 4) is 17.2 Å². The van der Waals surface area contributed by atoms with Crippen LogP contribution in [0.15, 0.2) is 43.0 Å². The summed E-state index contributed by atoms with van der Waals surface area (Å²) in [5.74, 6) is 3.02. The number of benzene rings is 2. The van der Waals surface area contributed by atoms with E-state index in [1.807, 2.05) is 13.0 Å². The minimum Gasteiger partial charge on any atom is -0.492 e. The molecule has 0 radical (unpaired) electrons. The Labute approximate surface area is 136 Å². The second kappa shape index (κ2) is 5.34. The average molecular weight is 308 g/mol. The van der Waals surface area contributed by atoms with Gasteiger partial charge in [0.05, 0.1) is 12.5 Å². The van der Waals surface area contributed by atoms with Crippen molar-refractivity contribution in [1.29, 1.82) is 0 Å². The quantitative estimate of drug-likeness (QED) is 0.783. The maximum absolute atomic E-state index is 6.31. The molecule has 118 valence electrons. The minimum absolute atomic E-state index is 0.0296. The van der Waals surface area contributed by atoms with Crippen LogP contribution in [-0.4, -0.2) is 13.2 Å². The second-order valence-electron chi connectivity index (χ2n) is 6.16. The summed E-state index contributed by atoms with van der Waals surface area (Å²) in [6.07, 6.45) is 1.77. The van der Waals surface area contributed by atoms with Gasteiger partial charge in [-0.25, -0.2) is 0 Å². The number of hydrogen-bond acceptors (Lipinski definition) is 3. The van der Waals surface area contributed by atoms with Gasteiger partial charge >= 0.3 is 0 Å². The van der Waals surface area contributed by atoms with Crippen molar-refractivity contribution in [2.75, 3.05) is 13.2 Å². The maximum atomic E-state index is 6.31. The van der Waals surface area contributed by atoms with Gasteiger partial charge in [-0.05, 0) is 31.5 Å². The Hall–Kier alpha value is -2.42. The molecule has 4 rings (SSSR count). The van der Waals surface area contributed by atoms with E-state index in [1.54, 1.807) is 6.08 Å². The van der Waals surface area contributed by atoms with Gasteiger partial charge < -0.3 is 14.2 Å². The van der Waals surface area contributed by atoms with Crippen LogP contribution in [0.25, 0.3) is 0 Å². The van der Waals surface area contributed by atoms with Crippen molar-refractivity contribution in [3.63, 3.8) is 0 Å². The molecule has 2 aliphatic rings. The number of rotatable bonds is 3. The van der Waals surface area contributed by atoms with E-state index in [0.29, 0.717) is 13.2 Å². The normalized spacial score (nSPS) is 20.6. The first-order valence-corrected chi connectivity index (χ1v) is 7.97. The molecule has 0 amide bonds. The third-order valence-electron chi connectivity index (χ3n) is 4.71. The summed E-state index contributed by atoms with van der Waals surface area (Å²) >= 11 is 0. The van der Waals surface area contributed by atoms with Crippen LogP contribution in [0.4, 0.5) is 0 Å². The van der Waals surface area contributed by atoms with E-state index in [-0.39, 0.29) is 12.0 Å². The summed E-state index contributed by atoms with van der Waals surface area (Å²) in [6, 6.07) is 10.4. The monoisotopic (exact) mass is 308 g/mol. The summed E-state index contributed by atoms with van der Waals surface area (Å²) in [7, 11) is 0. The van der Waals surface area contributed by atoms with Gasteiger partial charge in [0.25, 0.3) is 0 Å². The molecule has 3 nitrogen and oxygen atoms in total. The number of fused-ring (bicyclic) bond motifs is 5. The molecular weight excluding hydrogens is 288 g/mol. The highest BCUT2D eigenvalue weighted by atomic mass is 16.5. The topological polar surface area (TPSA) is 27.7 Å². The molecule has 0 bridgehead atoms. The Morgan fingerprint density at radius 1 is 1.17 bits per heavy atom. The lowest BCUT2D eigenvalue weighted by Gasteiger charge is -2.29. The van der Waals surface area contributed by atoms with E-state index >= 15 is 0 Å². The molecule has 2 aliphatic heterocycles. The van der Waals surface area contributed by atoms with Gasteiger partial charge in [-0.3, -0.25) is 0 Å². The largest absolute Gasteiger partial charge is 0.492 e. The molecule has 23 heavy (non-hydrogen) atoms. The summed E-state index contributed by atoms with van der Waals surface area (Å²) in [5.41, 5.74) is 4.57. The van der Waals surface area contributed by atoms with Crippen molar-refractivity contribution in [2.45, 2.75) is 25.9 Å². The van der Waals surface area contributed by atoms with Crippen LogP contribution >= 0.6 is 0 Å². The standard InChI is InChI=1S/C20H20O3/c1-4-10-21-17-9-8-15-19(13(17)3)22-11-16-14-7-5-6-12(2)18(14)23-20(15)16/h4-9,16,20H,1,10-11H2,2-3H3. The Kier molecular flexibility index (Phi) is 3.29. The third kappa shape index (κ3) is 2.11. The minimum atomic E-state index is 0.0296. The Balaban J connectivity index is 1.74. The third-order valence-corrected chi connectivity index (χ3v) is 4.71. The first-order chi connectivity index (χ1) is 11.2. The Bertz CT molecular complexity index is 779. The van der Waals surface area contributed by atoms with E-state index in [0.717, 1.165) is 28.4 Å². The van der Waals surface area contributed by atoms with Gasteiger partial charge in [0.2, 0.25) is 0 Å². The van der Waals surface area contributed by atoms with Gasteiger partial charge in [0.15, 0.2) is 0 Å². The molecule has 0 saturated heterocycles. The fraction of sp³-hybridized carbons (Fsp3) is 0.300. The lowest BCUT2D eigenvalue weighted by molar-refractivity contribution is 0.138. The van der Waals surface area contributed by atoms with E-state index in [2.05, 4.69) is 37.8 Å². The zero-order chi connectivity index (χ0) is 16.0. The first kappa shape index (κ1) is 14.2. The lowest BCUT2D eigenvalue weighted by atomic mass is 9.88. The van der Waals surface area contributed by atoms with E-state index in [4.69, 9.17) is 14.2 Å². The van der Waals surface area contributed by atoms with Gasteiger partial charge in [0, 0.05) is 16.7 Å². The molecule has 2 heterocycles. The molecule has 0 aromatic heterocycles. The molecule has 2 unspecified atom stereocenters. The van der Waals surface area contributed by atoms with E-state index in [1.165, 1.54) is 11.1 Å². The predicted molar refractivity (Wildman–Crippen MR) is 89.7 cm³/mol. The van der Waals surface area contributed by atoms with E-state index in [9.17, 15) is 0 Å². The van der Waals surface area contributed by atoms with Crippen LogP contribution in [0.2, 0.25) is 0 Å². The van der Waals surface area contributed by atoms with Crippen LogP contribution in [0.5, 0.6) is 17.2 Å². The van der Waals surface area contributed by atoms with Gasteiger partial charge in [-0.1, -0.05) is 30.9 Å². The van der Waals surface area contributed by atoms with Crippen molar-refractivity contribution in [2.24, 2.45) is 0 Å². The molecule has 2 atom stereocenters. The molecule has 0 fully saturated rings. The Morgan fingerprint density at radius 3 is 2.87 bits per heavy atom. The number of para-hydroxylation sites is 1. The zero-order valence-corrected chi connectivity index (χ0v) is 13.5. The van der Waals surface area contributed by atoms with Crippen LogP contribution in [0.3, 0.4) is 0 Å². The fourth-order valence-electron chi connectivity index (χ4n) is 3.55. The smallest absolute Gasteiger partial charge is 0.138 e. The lowest BCUT2D eigenvalue weighted by Crippen LogP contribution is -2.23. The number of ether oxygens (including phenoxy) is 3. The second-order valence-corrected chi connectivity index (χ2v) is 6.16.